The molecule has 3 heterocycles. The maximum absolute atomic E-state index is 12.1. The Morgan fingerprint density at radius 3 is 2.47 bits per heavy atom. The molecule has 0 bridgehead atoms. The lowest BCUT2D eigenvalue weighted by Gasteiger charge is -2.37. The van der Waals surface area contributed by atoms with Gasteiger partial charge in [-0.3, -0.25) is 4.79 Å². The zero-order valence-electron chi connectivity index (χ0n) is 10.1. The number of nitrogens with one attached hydrogen (secondary N) is 2. The van der Waals surface area contributed by atoms with Gasteiger partial charge in [-0.2, -0.15) is 0 Å². The van der Waals surface area contributed by atoms with Crippen LogP contribution in [0.4, 0.5) is 11.6 Å². The summed E-state index contributed by atoms with van der Waals surface area (Å²) < 4.78 is 0. The first kappa shape index (κ1) is 10.3. The summed E-state index contributed by atoms with van der Waals surface area (Å²) in [4.78, 5) is 20.7. The van der Waals surface area contributed by atoms with Crippen molar-refractivity contribution in [1.29, 1.82) is 0 Å². The van der Waals surface area contributed by atoms with Crippen LogP contribution < -0.4 is 10.6 Å². The first-order valence-electron chi connectivity index (χ1n) is 5.57. The van der Waals surface area contributed by atoms with E-state index < -0.39 is 0 Å². The van der Waals surface area contributed by atoms with E-state index in [4.69, 9.17) is 0 Å². The van der Waals surface area contributed by atoms with Crippen molar-refractivity contribution >= 4 is 17.5 Å². The molecule has 17 heavy (non-hydrogen) atoms. The van der Waals surface area contributed by atoms with E-state index in [1.54, 1.807) is 6.92 Å². The predicted molar refractivity (Wildman–Crippen MR) is 64.7 cm³/mol. The maximum Gasteiger partial charge on any atom is 0.234 e. The van der Waals surface area contributed by atoms with Crippen LogP contribution in [0.15, 0.2) is 12.3 Å². The second kappa shape index (κ2) is 2.85. The largest absolute Gasteiger partial charge is 0.343 e. The number of amides is 1. The van der Waals surface area contributed by atoms with Crippen molar-refractivity contribution in [2.45, 2.75) is 26.7 Å². The molecule has 2 aliphatic rings. The van der Waals surface area contributed by atoms with Gasteiger partial charge in [-0.15, -0.1) is 0 Å². The van der Waals surface area contributed by atoms with Gasteiger partial charge in [-0.25, -0.2) is 9.97 Å². The van der Waals surface area contributed by atoms with Crippen molar-refractivity contribution in [3.05, 3.63) is 23.7 Å². The zero-order chi connectivity index (χ0) is 12.4. The molecule has 0 radical (unpaired) electrons. The van der Waals surface area contributed by atoms with Gasteiger partial charge in [0.1, 0.15) is 17.5 Å². The minimum atomic E-state index is -0.332. The number of rotatable bonds is 0. The summed E-state index contributed by atoms with van der Waals surface area (Å²) in [6.45, 7) is 9.81. The van der Waals surface area contributed by atoms with Gasteiger partial charge >= 0.3 is 0 Å². The zero-order valence-corrected chi connectivity index (χ0v) is 10.1. The lowest BCUT2D eigenvalue weighted by atomic mass is 9.71. The third kappa shape index (κ3) is 1.16. The average molecular weight is 230 g/mol. The molecule has 1 unspecified atom stereocenters. The Bertz CT molecular complexity index is 562. The van der Waals surface area contributed by atoms with E-state index in [0.29, 0.717) is 17.5 Å². The molecule has 5 nitrogen and oxygen atoms in total. The molecule has 2 aliphatic heterocycles. The van der Waals surface area contributed by atoms with Crippen molar-refractivity contribution in [2.75, 3.05) is 10.6 Å². The number of hydrogen-bond acceptors (Lipinski definition) is 4. The fourth-order valence-corrected chi connectivity index (χ4v) is 2.53. The van der Waals surface area contributed by atoms with Gasteiger partial charge in [0, 0.05) is 11.1 Å². The van der Waals surface area contributed by atoms with Crippen molar-refractivity contribution in [1.82, 2.24) is 9.97 Å². The SMILES string of the molecule is C=C1Nc2nc(C)nc3c2C(C(=O)N3)C1(C)C. The van der Waals surface area contributed by atoms with Crippen molar-refractivity contribution < 1.29 is 4.79 Å². The quantitative estimate of drug-likeness (QED) is 0.713. The fraction of sp³-hybridized carbons (Fsp3) is 0.417. The lowest BCUT2D eigenvalue weighted by Crippen LogP contribution is -2.36. The molecule has 0 aromatic carbocycles. The van der Waals surface area contributed by atoms with E-state index in [2.05, 4.69) is 27.2 Å². The number of allylic oxidation sites excluding steroid dienone is 1. The Kier molecular flexibility index (Phi) is 1.72. The standard InChI is InChI=1S/C12H14N4O/c1-5-12(3,4)8-7-9(13-5)14-6(2)15-10(7)16-11(8)17/h8H,1H2,2-4H3,(H2,13,14,15,16,17). The highest BCUT2D eigenvalue weighted by molar-refractivity contribution is 6.05. The van der Waals surface area contributed by atoms with Gasteiger partial charge in [0.05, 0.1) is 11.5 Å². The summed E-state index contributed by atoms with van der Waals surface area (Å²) in [6.07, 6.45) is 0. The van der Waals surface area contributed by atoms with Gasteiger partial charge in [0.15, 0.2) is 0 Å². The van der Waals surface area contributed by atoms with E-state index in [1.807, 2.05) is 13.8 Å². The molecule has 0 spiro atoms. The first-order chi connectivity index (χ1) is 7.91. The van der Waals surface area contributed by atoms with Crippen LogP contribution in [0.3, 0.4) is 0 Å². The van der Waals surface area contributed by atoms with E-state index >= 15 is 0 Å². The molecule has 0 saturated carbocycles. The van der Waals surface area contributed by atoms with Gasteiger partial charge in [0.2, 0.25) is 5.91 Å². The van der Waals surface area contributed by atoms with E-state index in [1.165, 1.54) is 0 Å². The number of carbonyl (C=O) groups excluding carboxylic acids is 1. The van der Waals surface area contributed by atoms with Crippen molar-refractivity contribution in [3.63, 3.8) is 0 Å². The Morgan fingerprint density at radius 1 is 1.24 bits per heavy atom. The van der Waals surface area contributed by atoms with Gasteiger partial charge in [0.25, 0.3) is 0 Å². The summed E-state index contributed by atoms with van der Waals surface area (Å²) in [6, 6.07) is 0. The van der Waals surface area contributed by atoms with Crippen LogP contribution in [0.1, 0.15) is 31.2 Å². The van der Waals surface area contributed by atoms with E-state index in [-0.39, 0.29) is 17.2 Å². The summed E-state index contributed by atoms with van der Waals surface area (Å²) >= 11 is 0. The molecule has 1 aromatic heterocycles. The normalized spacial score (nSPS) is 24.1. The second-order valence-corrected chi connectivity index (χ2v) is 5.13. The second-order valence-electron chi connectivity index (χ2n) is 5.13. The number of aryl methyl sites for hydroxylation is 1. The van der Waals surface area contributed by atoms with Gasteiger partial charge in [-0.05, 0) is 6.92 Å². The molecule has 0 aliphatic carbocycles. The van der Waals surface area contributed by atoms with Crippen LogP contribution in [0, 0.1) is 12.3 Å². The highest BCUT2D eigenvalue weighted by Crippen LogP contribution is 2.52. The number of nitrogens with zero attached hydrogens (tertiary/aromatic N) is 2. The monoisotopic (exact) mass is 230 g/mol. The van der Waals surface area contributed by atoms with Crippen LogP contribution in [0.5, 0.6) is 0 Å². The minimum absolute atomic E-state index is 0.0196. The molecule has 1 atom stereocenters. The van der Waals surface area contributed by atoms with Crippen LogP contribution in [-0.4, -0.2) is 15.9 Å². The first-order valence-corrected chi connectivity index (χ1v) is 5.57. The molecule has 2 N–H and O–H groups in total. The number of anilines is 2. The Labute approximate surface area is 99.4 Å². The average Bonchev–Trinajstić information content (AvgIpc) is 2.52. The molecule has 88 valence electrons. The third-order valence-electron chi connectivity index (χ3n) is 3.62. The number of hydrogen-bond donors (Lipinski definition) is 2. The molecule has 1 aromatic rings. The molecule has 3 rings (SSSR count). The smallest absolute Gasteiger partial charge is 0.234 e. The highest BCUT2D eigenvalue weighted by Gasteiger charge is 2.49. The maximum atomic E-state index is 12.1. The van der Waals surface area contributed by atoms with Crippen LogP contribution in [-0.2, 0) is 4.79 Å². The van der Waals surface area contributed by atoms with E-state index in [9.17, 15) is 4.79 Å². The van der Waals surface area contributed by atoms with Crippen LogP contribution in [0.25, 0.3) is 0 Å². The van der Waals surface area contributed by atoms with E-state index in [0.717, 1.165) is 11.3 Å². The van der Waals surface area contributed by atoms with Gasteiger partial charge < -0.3 is 10.6 Å². The molecular weight excluding hydrogens is 216 g/mol. The number of carbonyl (C=O) groups is 1. The van der Waals surface area contributed by atoms with Crippen molar-refractivity contribution in [2.24, 2.45) is 5.41 Å². The molecule has 0 saturated heterocycles. The predicted octanol–water partition coefficient (Wildman–Crippen LogP) is 1.79. The molecule has 0 fully saturated rings. The third-order valence-corrected chi connectivity index (χ3v) is 3.62. The number of aromatic nitrogens is 2. The summed E-state index contributed by atoms with van der Waals surface area (Å²) in [5, 5.41) is 6.01. The molecule has 1 amide bonds. The summed E-state index contributed by atoms with van der Waals surface area (Å²) in [5.41, 5.74) is 1.36. The van der Waals surface area contributed by atoms with Crippen LogP contribution in [0.2, 0.25) is 0 Å². The fourth-order valence-electron chi connectivity index (χ4n) is 2.53. The Morgan fingerprint density at radius 2 is 1.82 bits per heavy atom. The summed E-state index contributed by atoms with van der Waals surface area (Å²) in [5.74, 6) is 1.71. The lowest BCUT2D eigenvalue weighted by molar-refractivity contribution is -0.118. The summed E-state index contributed by atoms with van der Waals surface area (Å²) in [7, 11) is 0. The van der Waals surface area contributed by atoms with Crippen molar-refractivity contribution in [3.8, 4) is 0 Å². The van der Waals surface area contributed by atoms with Crippen LogP contribution >= 0.6 is 0 Å². The van der Waals surface area contributed by atoms with Gasteiger partial charge in [-0.1, -0.05) is 20.4 Å². The Balaban J connectivity index is 2.31. The molecule has 5 heteroatoms. The Hall–Kier alpha value is -1.91. The molecular formula is C12H14N4O. The highest BCUT2D eigenvalue weighted by atomic mass is 16.2. The topological polar surface area (TPSA) is 66.9 Å². The minimum Gasteiger partial charge on any atom is -0.343 e.